The van der Waals surface area contributed by atoms with Gasteiger partial charge in [0.2, 0.25) is 0 Å². The fourth-order valence-corrected chi connectivity index (χ4v) is 1.68. The first-order valence-electron chi connectivity index (χ1n) is 5.65. The molecule has 0 heterocycles. The lowest BCUT2D eigenvalue weighted by atomic mass is 10.0. The molecule has 1 unspecified atom stereocenters. The van der Waals surface area contributed by atoms with Crippen molar-refractivity contribution in [3.8, 4) is 0 Å². The van der Waals surface area contributed by atoms with Crippen LogP contribution in [-0.2, 0) is 17.6 Å². The van der Waals surface area contributed by atoms with E-state index in [0.29, 0.717) is 6.42 Å². The zero-order chi connectivity index (χ0) is 12.0. The van der Waals surface area contributed by atoms with Gasteiger partial charge in [0.05, 0.1) is 0 Å². The first-order valence-corrected chi connectivity index (χ1v) is 5.65. The van der Waals surface area contributed by atoms with E-state index in [1.54, 1.807) is 7.05 Å². The van der Waals surface area contributed by atoms with E-state index >= 15 is 0 Å². The summed E-state index contributed by atoms with van der Waals surface area (Å²) in [6.45, 7) is 2.15. The summed E-state index contributed by atoms with van der Waals surface area (Å²) in [7, 11) is 1.67. The molecular weight excluding hydrogens is 202 g/mol. The molecule has 1 atom stereocenters. The summed E-state index contributed by atoms with van der Waals surface area (Å²) in [6, 6.07) is 7.68. The van der Waals surface area contributed by atoms with E-state index in [-0.39, 0.29) is 0 Å². The Morgan fingerprint density at radius 1 is 1.31 bits per heavy atom. The SMILES string of the molecule is CCCc1ccc(CC(NC)C(=O)O)cc1. The number of carboxylic acid groups (broad SMARTS) is 1. The average molecular weight is 221 g/mol. The molecular formula is C13H19NO2. The molecule has 0 saturated heterocycles. The Kier molecular flexibility index (Phi) is 4.99. The standard InChI is InChI=1S/C13H19NO2/c1-3-4-10-5-7-11(8-6-10)9-12(14-2)13(15)16/h5-8,12,14H,3-4,9H2,1-2H3,(H,15,16). The van der Waals surface area contributed by atoms with Crippen LogP contribution in [0.2, 0.25) is 0 Å². The van der Waals surface area contributed by atoms with Crippen molar-refractivity contribution < 1.29 is 9.90 Å². The molecule has 0 aliphatic rings. The molecule has 0 aliphatic carbocycles. The molecule has 0 aromatic heterocycles. The summed E-state index contributed by atoms with van der Waals surface area (Å²) in [4.78, 5) is 10.8. The molecule has 1 rings (SSSR count). The molecule has 0 aliphatic heterocycles. The second-order valence-electron chi connectivity index (χ2n) is 3.95. The van der Waals surface area contributed by atoms with Crippen molar-refractivity contribution in [3.05, 3.63) is 35.4 Å². The molecule has 0 amide bonds. The van der Waals surface area contributed by atoms with E-state index in [9.17, 15) is 4.79 Å². The zero-order valence-electron chi connectivity index (χ0n) is 9.86. The van der Waals surface area contributed by atoms with Crippen molar-refractivity contribution in [2.45, 2.75) is 32.2 Å². The van der Waals surface area contributed by atoms with Crippen LogP contribution in [0.4, 0.5) is 0 Å². The highest BCUT2D eigenvalue weighted by Gasteiger charge is 2.14. The summed E-state index contributed by atoms with van der Waals surface area (Å²) >= 11 is 0. The van der Waals surface area contributed by atoms with Gasteiger partial charge in [-0.05, 0) is 31.0 Å². The van der Waals surface area contributed by atoms with Crippen LogP contribution in [0.5, 0.6) is 0 Å². The van der Waals surface area contributed by atoms with Crippen LogP contribution in [0.1, 0.15) is 24.5 Å². The Hall–Kier alpha value is -1.35. The van der Waals surface area contributed by atoms with Gasteiger partial charge in [0.1, 0.15) is 6.04 Å². The first kappa shape index (κ1) is 12.7. The third kappa shape index (κ3) is 3.66. The number of hydrogen-bond acceptors (Lipinski definition) is 2. The molecule has 1 aromatic rings. The molecule has 0 saturated carbocycles. The zero-order valence-corrected chi connectivity index (χ0v) is 9.86. The van der Waals surface area contributed by atoms with Crippen molar-refractivity contribution in [1.29, 1.82) is 0 Å². The van der Waals surface area contributed by atoms with Crippen LogP contribution in [0, 0.1) is 0 Å². The van der Waals surface area contributed by atoms with Crippen LogP contribution in [0.25, 0.3) is 0 Å². The van der Waals surface area contributed by atoms with Gasteiger partial charge in [-0.3, -0.25) is 4.79 Å². The van der Waals surface area contributed by atoms with Gasteiger partial charge in [0, 0.05) is 0 Å². The first-order chi connectivity index (χ1) is 7.67. The van der Waals surface area contributed by atoms with Gasteiger partial charge >= 0.3 is 5.97 Å². The molecule has 0 spiro atoms. The van der Waals surface area contributed by atoms with Crippen molar-refractivity contribution in [3.63, 3.8) is 0 Å². The van der Waals surface area contributed by atoms with Gasteiger partial charge in [-0.15, -0.1) is 0 Å². The van der Waals surface area contributed by atoms with Crippen molar-refractivity contribution >= 4 is 5.97 Å². The fraction of sp³-hybridized carbons (Fsp3) is 0.462. The van der Waals surface area contributed by atoms with E-state index in [4.69, 9.17) is 5.11 Å². The third-order valence-electron chi connectivity index (χ3n) is 2.65. The minimum atomic E-state index is -0.805. The molecule has 1 aromatic carbocycles. The Morgan fingerprint density at radius 3 is 2.31 bits per heavy atom. The Morgan fingerprint density at radius 2 is 1.88 bits per heavy atom. The van der Waals surface area contributed by atoms with E-state index in [2.05, 4.69) is 24.4 Å². The van der Waals surface area contributed by atoms with E-state index in [1.165, 1.54) is 5.56 Å². The van der Waals surface area contributed by atoms with E-state index < -0.39 is 12.0 Å². The maximum absolute atomic E-state index is 10.8. The highest BCUT2D eigenvalue weighted by atomic mass is 16.4. The van der Waals surface area contributed by atoms with Crippen molar-refractivity contribution in [2.24, 2.45) is 0 Å². The van der Waals surface area contributed by atoms with Crippen LogP contribution in [0.3, 0.4) is 0 Å². The minimum Gasteiger partial charge on any atom is -0.480 e. The maximum atomic E-state index is 10.8. The molecule has 3 heteroatoms. The third-order valence-corrected chi connectivity index (χ3v) is 2.65. The largest absolute Gasteiger partial charge is 0.480 e. The molecule has 88 valence electrons. The Balaban J connectivity index is 2.63. The van der Waals surface area contributed by atoms with Gasteiger partial charge in [-0.25, -0.2) is 0 Å². The van der Waals surface area contributed by atoms with Gasteiger partial charge in [-0.1, -0.05) is 37.6 Å². The topological polar surface area (TPSA) is 49.3 Å². The minimum absolute atomic E-state index is 0.503. The highest BCUT2D eigenvalue weighted by molar-refractivity contribution is 5.73. The average Bonchev–Trinajstić information content (AvgIpc) is 2.28. The summed E-state index contributed by atoms with van der Waals surface area (Å²) < 4.78 is 0. The Labute approximate surface area is 96.5 Å². The number of carbonyl (C=O) groups is 1. The van der Waals surface area contributed by atoms with Crippen LogP contribution in [-0.4, -0.2) is 24.2 Å². The molecule has 0 fully saturated rings. The second kappa shape index (κ2) is 6.28. The lowest BCUT2D eigenvalue weighted by Crippen LogP contribution is -2.35. The van der Waals surface area contributed by atoms with Gasteiger partial charge < -0.3 is 10.4 Å². The summed E-state index contributed by atoms with van der Waals surface area (Å²) in [5.41, 5.74) is 2.36. The van der Waals surface area contributed by atoms with Crippen LogP contribution >= 0.6 is 0 Å². The predicted octanol–water partition coefficient (Wildman–Crippen LogP) is 1.85. The van der Waals surface area contributed by atoms with Crippen molar-refractivity contribution in [1.82, 2.24) is 5.32 Å². The van der Waals surface area contributed by atoms with Crippen molar-refractivity contribution in [2.75, 3.05) is 7.05 Å². The normalized spacial score (nSPS) is 12.4. The number of hydrogen-bond donors (Lipinski definition) is 2. The maximum Gasteiger partial charge on any atom is 0.321 e. The number of nitrogens with one attached hydrogen (secondary N) is 1. The van der Waals surface area contributed by atoms with Crippen LogP contribution in [0.15, 0.2) is 24.3 Å². The molecule has 16 heavy (non-hydrogen) atoms. The quantitative estimate of drug-likeness (QED) is 0.770. The highest BCUT2D eigenvalue weighted by Crippen LogP contribution is 2.08. The second-order valence-corrected chi connectivity index (χ2v) is 3.95. The van der Waals surface area contributed by atoms with E-state index in [1.807, 2.05) is 12.1 Å². The molecule has 0 bridgehead atoms. The summed E-state index contributed by atoms with van der Waals surface area (Å²) in [5, 5.41) is 11.7. The lowest BCUT2D eigenvalue weighted by molar-refractivity contribution is -0.139. The fourth-order valence-electron chi connectivity index (χ4n) is 1.68. The molecule has 3 nitrogen and oxygen atoms in total. The lowest BCUT2D eigenvalue weighted by Gasteiger charge is -2.11. The number of likely N-dealkylation sites (N-methyl/N-ethyl adjacent to an activating group) is 1. The Bertz CT molecular complexity index is 332. The van der Waals surface area contributed by atoms with E-state index in [0.717, 1.165) is 18.4 Å². The molecule has 0 radical (unpaired) electrons. The summed E-state index contributed by atoms with van der Waals surface area (Å²) in [5.74, 6) is -0.805. The number of rotatable bonds is 6. The number of carboxylic acids is 1. The number of aryl methyl sites for hydroxylation is 1. The number of aliphatic carboxylic acids is 1. The smallest absolute Gasteiger partial charge is 0.321 e. The summed E-state index contributed by atoms with van der Waals surface area (Å²) in [6.07, 6.45) is 2.74. The van der Waals surface area contributed by atoms with Gasteiger partial charge in [-0.2, -0.15) is 0 Å². The molecule has 2 N–H and O–H groups in total. The number of benzene rings is 1. The van der Waals surface area contributed by atoms with Gasteiger partial charge in [0.15, 0.2) is 0 Å². The predicted molar refractivity (Wildman–Crippen MR) is 64.6 cm³/mol. The monoisotopic (exact) mass is 221 g/mol. The van der Waals surface area contributed by atoms with Crippen LogP contribution < -0.4 is 5.32 Å². The van der Waals surface area contributed by atoms with Gasteiger partial charge in [0.25, 0.3) is 0 Å².